The predicted octanol–water partition coefficient (Wildman–Crippen LogP) is 2.22. The molecule has 0 aromatic carbocycles. The second-order valence-electron chi connectivity index (χ2n) is 4.30. The van der Waals surface area contributed by atoms with E-state index in [0.29, 0.717) is 12.5 Å². The Morgan fingerprint density at radius 2 is 2.11 bits per heavy atom. The van der Waals surface area contributed by atoms with Crippen LogP contribution in [0.5, 0.6) is 5.88 Å². The van der Waals surface area contributed by atoms with Crippen LogP contribution in [0, 0.1) is 0 Å². The number of nitrogens with zero attached hydrogens (tertiary/aromatic N) is 4. The van der Waals surface area contributed by atoms with Crippen molar-refractivity contribution in [2.24, 2.45) is 0 Å². The summed E-state index contributed by atoms with van der Waals surface area (Å²) in [7, 11) is 0. The largest absolute Gasteiger partial charge is 0.472 e. The van der Waals surface area contributed by atoms with Crippen molar-refractivity contribution in [2.45, 2.75) is 6.61 Å². The van der Waals surface area contributed by atoms with Gasteiger partial charge in [-0.1, -0.05) is 0 Å². The van der Waals surface area contributed by atoms with Gasteiger partial charge in [-0.3, -0.25) is 4.98 Å². The molecule has 1 aliphatic rings. The summed E-state index contributed by atoms with van der Waals surface area (Å²) >= 11 is 0. The van der Waals surface area contributed by atoms with Crippen LogP contribution in [0.15, 0.2) is 49.1 Å². The molecule has 0 radical (unpaired) electrons. The molecule has 5 heteroatoms. The first-order chi connectivity index (χ1) is 9.42. The van der Waals surface area contributed by atoms with Crippen molar-refractivity contribution in [3.8, 4) is 22.8 Å². The first-order valence-corrected chi connectivity index (χ1v) is 5.99. The third kappa shape index (κ3) is 1.59. The first kappa shape index (κ1) is 10.3. The van der Waals surface area contributed by atoms with E-state index in [1.807, 2.05) is 35.1 Å². The molecule has 4 rings (SSSR count). The summed E-state index contributed by atoms with van der Waals surface area (Å²) in [5, 5.41) is 4.62. The van der Waals surface area contributed by atoms with E-state index in [1.165, 1.54) is 0 Å². The van der Waals surface area contributed by atoms with Crippen molar-refractivity contribution in [1.82, 2.24) is 19.7 Å². The highest BCUT2D eigenvalue weighted by Gasteiger charge is 2.21. The van der Waals surface area contributed by atoms with Gasteiger partial charge in [0.15, 0.2) is 0 Å². The highest BCUT2D eigenvalue weighted by molar-refractivity contribution is 5.69. The Morgan fingerprint density at radius 1 is 1.16 bits per heavy atom. The van der Waals surface area contributed by atoms with Crippen LogP contribution in [0.1, 0.15) is 5.56 Å². The van der Waals surface area contributed by atoms with Crippen LogP contribution >= 0.6 is 0 Å². The summed E-state index contributed by atoms with van der Waals surface area (Å²) in [6.45, 7) is 0.500. The number of fused-ring (bicyclic) bond motifs is 3. The van der Waals surface area contributed by atoms with E-state index in [0.717, 1.165) is 22.5 Å². The van der Waals surface area contributed by atoms with Gasteiger partial charge < -0.3 is 4.74 Å². The third-order valence-corrected chi connectivity index (χ3v) is 3.09. The van der Waals surface area contributed by atoms with Crippen molar-refractivity contribution in [3.63, 3.8) is 0 Å². The molecule has 0 bridgehead atoms. The predicted molar refractivity (Wildman–Crippen MR) is 68.9 cm³/mol. The molecule has 0 aliphatic carbocycles. The Hall–Kier alpha value is -2.69. The quantitative estimate of drug-likeness (QED) is 0.664. The van der Waals surface area contributed by atoms with E-state index in [9.17, 15) is 0 Å². The lowest BCUT2D eigenvalue weighted by Gasteiger charge is -2.14. The van der Waals surface area contributed by atoms with Gasteiger partial charge in [-0.25, -0.2) is 9.67 Å². The van der Waals surface area contributed by atoms with E-state index < -0.39 is 0 Å². The highest BCUT2D eigenvalue weighted by atomic mass is 16.5. The van der Waals surface area contributed by atoms with Crippen LogP contribution in [0.25, 0.3) is 16.9 Å². The van der Waals surface area contributed by atoms with E-state index in [4.69, 9.17) is 4.74 Å². The maximum Gasteiger partial charge on any atom is 0.223 e. The minimum absolute atomic E-state index is 0.500. The molecule has 0 saturated carbocycles. The van der Waals surface area contributed by atoms with Crippen LogP contribution in [0.2, 0.25) is 0 Å². The fourth-order valence-electron chi connectivity index (χ4n) is 2.20. The van der Waals surface area contributed by atoms with Gasteiger partial charge in [-0.2, -0.15) is 5.10 Å². The zero-order valence-corrected chi connectivity index (χ0v) is 10.0. The van der Waals surface area contributed by atoms with Crippen LogP contribution in [-0.4, -0.2) is 19.7 Å². The molecular weight excluding hydrogens is 240 g/mol. The van der Waals surface area contributed by atoms with Gasteiger partial charge in [0.25, 0.3) is 0 Å². The SMILES string of the molecule is c1cncc(-n2cc3c(n2)-c2cccnc2OC3)c1. The summed E-state index contributed by atoms with van der Waals surface area (Å²) in [6.07, 6.45) is 7.23. The van der Waals surface area contributed by atoms with Crippen molar-refractivity contribution in [2.75, 3.05) is 0 Å². The zero-order valence-electron chi connectivity index (χ0n) is 10.0. The lowest BCUT2D eigenvalue weighted by atomic mass is 10.1. The van der Waals surface area contributed by atoms with Gasteiger partial charge in [0.2, 0.25) is 5.88 Å². The second-order valence-corrected chi connectivity index (χ2v) is 4.30. The Kier molecular flexibility index (Phi) is 2.11. The molecule has 0 saturated heterocycles. The Labute approximate surface area is 109 Å². The molecule has 92 valence electrons. The minimum atomic E-state index is 0.500. The van der Waals surface area contributed by atoms with Gasteiger partial charge in [0.05, 0.1) is 17.4 Å². The topological polar surface area (TPSA) is 52.8 Å². The number of rotatable bonds is 1. The number of pyridine rings is 2. The summed E-state index contributed by atoms with van der Waals surface area (Å²) in [5.74, 6) is 0.645. The lowest BCUT2D eigenvalue weighted by molar-refractivity contribution is 0.290. The molecule has 0 amide bonds. The van der Waals surface area contributed by atoms with Crippen molar-refractivity contribution in [1.29, 1.82) is 0 Å². The average Bonchev–Trinajstić information content (AvgIpc) is 2.93. The molecule has 5 nitrogen and oxygen atoms in total. The maximum absolute atomic E-state index is 5.62. The summed E-state index contributed by atoms with van der Waals surface area (Å²) < 4.78 is 7.44. The van der Waals surface area contributed by atoms with Gasteiger partial charge in [0.1, 0.15) is 12.3 Å². The molecule has 3 aromatic heterocycles. The standard InChI is InChI=1S/C14H10N4O/c1-3-11(7-15-5-1)18-8-10-9-19-14-12(13(10)17-18)4-2-6-16-14/h1-8H,9H2. The first-order valence-electron chi connectivity index (χ1n) is 5.99. The van der Waals surface area contributed by atoms with Crippen molar-refractivity contribution in [3.05, 3.63) is 54.6 Å². The molecule has 4 heterocycles. The normalized spacial score (nSPS) is 12.4. The number of aromatic nitrogens is 4. The molecule has 3 aromatic rings. The monoisotopic (exact) mass is 250 g/mol. The van der Waals surface area contributed by atoms with E-state index in [-0.39, 0.29) is 0 Å². The third-order valence-electron chi connectivity index (χ3n) is 3.09. The lowest BCUT2D eigenvalue weighted by Crippen LogP contribution is -2.05. The molecule has 0 fully saturated rings. The summed E-state index contributed by atoms with van der Waals surface area (Å²) in [6, 6.07) is 7.72. The average molecular weight is 250 g/mol. The van der Waals surface area contributed by atoms with Gasteiger partial charge in [-0.05, 0) is 24.3 Å². The number of hydrogen-bond acceptors (Lipinski definition) is 4. The van der Waals surface area contributed by atoms with E-state index in [2.05, 4.69) is 15.1 Å². The van der Waals surface area contributed by atoms with Gasteiger partial charge >= 0.3 is 0 Å². The van der Waals surface area contributed by atoms with Gasteiger partial charge in [-0.15, -0.1) is 0 Å². The molecule has 0 unspecified atom stereocenters. The molecule has 19 heavy (non-hydrogen) atoms. The minimum Gasteiger partial charge on any atom is -0.472 e. The molecule has 1 aliphatic heterocycles. The second kappa shape index (κ2) is 3.91. The Balaban J connectivity index is 1.88. The Morgan fingerprint density at radius 3 is 3.00 bits per heavy atom. The Bertz CT molecular complexity index is 736. The number of ether oxygens (including phenoxy) is 1. The van der Waals surface area contributed by atoms with Crippen LogP contribution in [0.4, 0.5) is 0 Å². The van der Waals surface area contributed by atoms with Crippen LogP contribution in [0.3, 0.4) is 0 Å². The fourth-order valence-corrected chi connectivity index (χ4v) is 2.20. The fraction of sp³-hybridized carbons (Fsp3) is 0.0714. The summed E-state index contributed by atoms with van der Waals surface area (Å²) in [5.41, 5.74) is 3.86. The van der Waals surface area contributed by atoms with Crippen LogP contribution in [-0.2, 0) is 6.61 Å². The van der Waals surface area contributed by atoms with Crippen LogP contribution < -0.4 is 4.74 Å². The molecule has 0 N–H and O–H groups in total. The highest BCUT2D eigenvalue weighted by Crippen LogP contribution is 2.34. The summed E-state index contributed by atoms with van der Waals surface area (Å²) in [4.78, 5) is 8.32. The molecule has 0 spiro atoms. The number of hydrogen-bond donors (Lipinski definition) is 0. The zero-order chi connectivity index (χ0) is 12.7. The van der Waals surface area contributed by atoms with E-state index in [1.54, 1.807) is 18.6 Å². The van der Waals surface area contributed by atoms with Gasteiger partial charge in [0, 0.05) is 24.2 Å². The molecular formula is C14H10N4O. The molecule has 0 atom stereocenters. The van der Waals surface area contributed by atoms with Crippen molar-refractivity contribution < 1.29 is 4.74 Å². The maximum atomic E-state index is 5.62. The van der Waals surface area contributed by atoms with Crippen molar-refractivity contribution >= 4 is 0 Å². The smallest absolute Gasteiger partial charge is 0.223 e. The van der Waals surface area contributed by atoms with E-state index >= 15 is 0 Å².